The highest BCUT2D eigenvalue weighted by Crippen LogP contribution is 2.48. The molecule has 0 radical (unpaired) electrons. The molecule has 3 heterocycles. The number of nitrogens with zero attached hydrogens (tertiary/aromatic N) is 3. The first kappa shape index (κ1) is 29.8. The van der Waals surface area contributed by atoms with Gasteiger partial charge in [0.05, 0.1) is 16.7 Å². The van der Waals surface area contributed by atoms with E-state index in [1.807, 2.05) is 79.1 Å². The van der Waals surface area contributed by atoms with Crippen molar-refractivity contribution in [1.82, 2.24) is 9.55 Å². The van der Waals surface area contributed by atoms with Gasteiger partial charge in [-0.15, -0.1) is 0 Å². The Labute approximate surface area is 301 Å². The molecule has 10 rings (SSSR count). The maximum absolute atomic E-state index is 6.46. The molecule has 2 aromatic heterocycles. The van der Waals surface area contributed by atoms with Gasteiger partial charge in [0.2, 0.25) is 0 Å². The van der Waals surface area contributed by atoms with Gasteiger partial charge in [-0.2, -0.15) is 0 Å². The second kappa shape index (κ2) is 12.3. The molecule has 0 unspecified atom stereocenters. The van der Waals surface area contributed by atoms with Crippen molar-refractivity contribution in [2.24, 2.45) is 0 Å². The van der Waals surface area contributed by atoms with Crippen LogP contribution in [0.4, 0.5) is 17.1 Å². The molecule has 0 N–H and O–H groups in total. The lowest BCUT2D eigenvalue weighted by atomic mass is 9.98. The Morgan fingerprint density at radius 1 is 0.481 bits per heavy atom. The number of pyridine rings is 1. The lowest BCUT2D eigenvalue weighted by Crippen LogP contribution is -2.09. The summed E-state index contributed by atoms with van der Waals surface area (Å²) in [7, 11) is 0. The van der Waals surface area contributed by atoms with Crippen molar-refractivity contribution in [2.75, 3.05) is 4.90 Å². The van der Waals surface area contributed by atoms with Gasteiger partial charge in [-0.1, -0.05) is 72.8 Å². The van der Waals surface area contributed by atoms with Gasteiger partial charge in [0.1, 0.15) is 11.5 Å². The summed E-state index contributed by atoms with van der Waals surface area (Å²) in [5.74, 6) is 3.32. The Hall–Kier alpha value is -7.11. The molecule has 246 valence electrons. The molecule has 5 nitrogen and oxygen atoms in total. The van der Waals surface area contributed by atoms with Gasteiger partial charge in [-0.3, -0.25) is 4.98 Å². The van der Waals surface area contributed by atoms with Crippen LogP contribution < -0.4 is 14.4 Å². The molecule has 0 aliphatic carbocycles. The third-order valence-electron chi connectivity index (χ3n) is 9.75. The van der Waals surface area contributed by atoms with Crippen molar-refractivity contribution in [3.05, 3.63) is 188 Å². The fourth-order valence-corrected chi connectivity index (χ4v) is 7.36. The number of hydrogen-bond donors (Lipinski definition) is 0. The van der Waals surface area contributed by atoms with Crippen LogP contribution in [0.15, 0.2) is 188 Å². The molecular formula is C47H31N3O2. The fraction of sp³-hybridized carbons (Fsp3) is 0. The highest BCUT2D eigenvalue weighted by atomic mass is 16.5. The number of aromatic nitrogens is 2. The zero-order valence-corrected chi connectivity index (χ0v) is 28.1. The van der Waals surface area contributed by atoms with Crippen molar-refractivity contribution >= 4 is 38.9 Å². The van der Waals surface area contributed by atoms with E-state index in [-0.39, 0.29) is 0 Å². The smallest absolute Gasteiger partial charge is 0.152 e. The summed E-state index contributed by atoms with van der Waals surface area (Å²) in [5, 5.41) is 2.39. The molecule has 0 spiro atoms. The third-order valence-corrected chi connectivity index (χ3v) is 9.75. The Morgan fingerprint density at radius 2 is 1.08 bits per heavy atom. The zero-order valence-electron chi connectivity index (χ0n) is 28.1. The molecule has 0 bridgehead atoms. The van der Waals surface area contributed by atoms with Crippen molar-refractivity contribution in [2.45, 2.75) is 0 Å². The Bertz CT molecular complexity index is 2700. The standard InChI is InChI=1S/C47H31N3O2/c1-2-8-38(9-3-1)51-39-24-22-37(23-25-39)49(35-18-14-32(15-19-35)33-28-30-48-31-29-33)36-20-16-34(17-21-36)40-26-27-45-47-46(40)41-10-4-5-11-42(41)50(47)43-12-6-7-13-44(43)52-45/h1-31H. The van der Waals surface area contributed by atoms with Crippen LogP contribution in [0.25, 0.3) is 49.7 Å². The summed E-state index contributed by atoms with van der Waals surface area (Å²) in [6, 6.07) is 60.9. The average Bonchev–Trinajstić information content (AvgIpc) is 3.57. The SMILES string of the molecule is c1ccc(Oc2ccc(N(c3ccc(-c4ccncc4)cc3)c3ccc(-c4ccc5c6c4c4ccccc4n6-c4ccccc4O5)cc3)cc2)cc1. The summed E-state index contributed by atoms with van der Waals surface area (Å²) < 4.78 is 14.9. The summed E-state index contributed by atoms with van der Waals surface area (Å²) in [6.45, 7) is 0. The molecular weight excluding hydrogens is 639 g/mol. The summed E-state index contributed by atoms with van der Waals surface area (Å²) in [5.41, 5.74) is 11.0. The van der Waals surface area contributed by atoms with Crippen molar-refractivity contribution in [1.29, 1.82) is 0 Å². The molecule has 0 saturated heterocycles. The molecule has 52 heavy (non-hydrogen) atoms. The van der Waals surface area contributed by atoms with Crippen LogP contribution in [0.2, 0.25) is 0 Å². The molecule has 0 amide bonds. The second-order valence-electron chi connectivity index (χ2n) is 12.8. The second-order valence-corrected chi connectivity index (χ2v) is 12.8. The Balaban J connectivity index is 1.06. The van der Waals surface area contributed by atoms with Crippen molar-refractivity contribution in [3.63, 3.8) is 0 Å². The molecule has 9 aromatic rings. The lowest BCUT2D eigenvalue weighted by molar-refractivity contribution is 0.476. The number of benzene rings is 7. The van der Waals surface area contributed by atoms with E-state index in [2.05, 4.69) is 124 Å². The molecule has 0 saturated carbocycles. The summed E-state index contributed by atoms with van der Waals surface area (Å²) in [6.07, 6.45) is 3.65. The first-order valence-corrected chi connectivity index (χ1v) is 17.4. The maximum atomic E-state index is 6.46. The number of para-hydroxylation sites is 4. The Kier molecular flexibility index (Phi) is 7.07. The quantitative estimate of drug-likeness (QED) is 0.169. The van der Waals surface area contributed by atoms with Gasteiger partial charge in [-0.25, -0.2) is 0 Å². The summed E-state index contributed by atoms with van der Waals surface area (Å²) >= 11 is 0. The molecule has 0 fully saturated rings. The first-order valence-electron chi connectivity index (χ1n) is 17.4. The Morgan fingerprint density at radius 3 is 1.83 bits per heavy atom. The maximum Gasteiger partial charge on any atom is 0.152 e. The van der Waals surface area contributed by atoms with E-state index in [1.165, 1.54) is 21.9 Å². The van der Waals surface area contributed by atoms with Crippen LogP contribution in [0.5, 0.6) is 23.0 Å². The topological polar surface area (TPSA) is 39.5 Å². The number of anilines is 3. The van der Waals surface area contributed by atoms with Gasteiger partial charge in [0.25, 0.3) is 0 Å². The van der Waals surface area contributed by atoms with Crippen molar-refractivity contribution in [3.8, 4) is 50.9 Å². The largest absolute Gasteiger partial charge is 0.457 e. The van der Waals surface area contributed by atoms with E-state index in [0.717, 1.165) is 68.0 Å². The normalized spacial score (nSPS) is 11.6. The van der Waals surface area contributed by atoms with Crippen LogP contribution >= 0.6 is 0 Å². The van der Waals surface area contributed by atoms with Gasteiger partial charge >= 0.3 is 0 Å². The van der Waals surface area contributed by atoms with Crippen LogP contribution in [-0.4, -0.2) is 9.55 Å². The van der Waals surface area contributed by atoms with Crippen LogP contribution in [0.1, 0.15) is 0 Å². The van der Waals surface area contributed by atoms with E-state index < -0.39 is 0 Å². The van der Waals surface area contributed by atoms with Crippen LogP contribution in [0.3, 0.4) is 0 Å². The van der Waals surface area contributed by atoms with E-state index in [1.54, 1.807) is 0 Å². The number of ether oxygens (including phenoxy) is 2. The third kappa shape index (κ3) is 5.07. The van der Waals surface area contributed by atoms with Crippen LogP contribution in [-0.2, 0) is 0 Å². The number of rotatable bonds is 7. The predicted octanol–water partition coefficient (Wildman–Crippen LogP) is 12.9. The first-order chi connectivity index (χ1) is 25.8. The minimum Gasteiger partial charge on any atom is -0.457 e. The summed E-state index contributed by atoms with van der Waals surface area (Å²) in [4.78, 5) is 6.46. The zero-order chi connectivity index (χ0) is 34.4. The van der Waals surface area contributed by atoms with E-state index in [9.17, 15) is 0 Å². The number of fused-ring (bicyclic) bond motifs is 5. The van der Waals surface area contributed by atoms with E-state index >= 15 is 0 Å². The van der Waals surface area contributed by atoms with E-state index in [0.29, 0.717) is 0 Å². The highest BCUT2D eigenvalue weighted by molar-refractivity contribution is 6.18. The van der Waals surface area contributed by atoms with Crippen molar-refractivity contribution < 1.29 is 9.47 Å². The molecule has 1 aliphatic rings. The predicted molar refractivity (Wildman–Crippen MR) is 211 cm³/mol. The minimum absolute atomic E-state index is 0.782. The minimum atomic E-state index is 0.782. The average molecular weight is 670 g/mol. The number of hydrogen-bond acceptors (Lipinski definition) is 4. The van der Waals surface area contributed by atoms with Gasteiger partial charge in [-0.05, 0) is 125 Å². The van der Waals surface area contributed by atoms with Crippen LogP contribution in [0, 0.1) is 0 Å². The fourth-order valence-electron chi connectivity index (χ4n) is 7.36. The highest BCUT2D eigenvalue weighted by Gasteiger charge is 2.25. The van der Waals surface area contributed by atoms with Gasteiger partial charge in [0.15, 0.2) is 11.5 Å². The molecule has 7 aromatic carbocycles. The molecule has 5 heteroatoms. The molecule has 0 atom stereocenters. The monoisotopic (exact) mass is 669 g/mol. The van der Waals surface area contributed by atoms with Gasteiger partial charge in [0, 0.05) is 40.2 Å². The molecule has 1 aliphatic heterocycles. The van der Waals surface area contributed by atoms with Gasteiger partial charge < -0.3 is 18.9 Å². The van der Waals surface area contributed by atoms with E-state index in [4.69, 9.17) is 9.47 Å². The lowest BCUT2D eigenvalue weighted by Gasteiger charge is -2.26.